The lowest BCUT2D eigenvalue weighted by atomic mass is 9.77. The third kappa shape index (κ3) is 2.78. The van der Waals surface area contributed by atoms with Crippen molar-refractivity contribution in [3.05, 3.63) is 29.8 Å². The van der Waals surface area contributed by atoms with Gasteiger partial charge in [-0.1, -0.05) is 38.3 Å². The first-order valence-electron chi connectivity index (χ1n) is 6.42. The molecule has 2 rings (SSSR count). The Hall–Kier alpha value is -0.980. The van der Waals surface area contributed by atoms with Crippen molar-refractivity contribution in [2.75, 3.05) is 7.11 Å². The molecule has 1 aliphatic rings. The van der Waals surface area contributed by atoms with Gasteiger partial charge >= 0.3 is 0 Å². The maximum Gasteiger partial charge on any atom is 0.119 e. The third-order valence-electron chi connectivity index (χ3n) is 3.92. The van der Waals surface area contributed by atoms with E-state index in [4.69, 9.17) is 4.74 Å². The molecular weight excluding hydrogens is 196 g/mol. The molecule has 0 saturated heterocycles. The Morgan fingerprint density at radius 2 is 2.06 bits per heavy atom. The fourth-order valence-corrected chi connectivity index (χ4v) is 2.80. The van der Waals surface area contributed by atoms with Crippen LogP contribution in [0, 0.1) is 11.8 Å². The maximum atomic E-state index is 5.27. The first-order valence-corrected chi connectivity index (χ1v) is 6.42. The molecule has 2 unspecified atom stereocenters. The average Bonchev–Trinajstić information content (AvgIpc) is 2.32. The van der Waals surface area contributed by atoms with Crippen LogP contribution in [0.4, 0.5) is 0 Å². The van der Waals surface area contributed by atoms with Crippen LogP contribution in [0.3, 0.4) is 0 Å². The van der Waals surface area contributed by atoms with Crippen molar-refractivity contribution < 1.29 is 4.74 Å². The standard InChI is InChI=1S/C15H22O/c1-12-6-3-4-8-14(12)10-13-7-5-9-15(11-13)16-2/h5,7,9,11-12,14H,3-4,6,8,10H2,1-2H3. The van der Waals surface area contributed by atoms with Crippen LogP contribution in [0.25, 0.3) is 0 Å². The predicted molar refractivity (Wildman–Crippen MR) is 67.8 cm³/mol. The quantitative estimate of drug-likeness (QED) is 0.743. The van der Waals surface area contributed by atoms with Crippen molar-refractivity contribution in [3.63, 3.8) is 0 Å². The van der Waals surface area contributed by atoms with Crippen molar-refractivity contribution in [3.8, 4) is 5.75 Å². The molecule has 1 aliphatic carbocycles. The maximum absolute atomic E-state index is 5.27. The lowest BCUT2D eigenvalue weighted by molar-refractivity contribution is 0.254. The van der Waals surface area contributed by atoms with Gasteiger partial charge in [-0.2, -0.15) is 0 Å². The summed E-state index contributed by atoms with van der Waals surface area (Å²) in [6, 6.07) is 8.53. The van der Waals surface area contributed by atoms with Gasteiger partial charge in [0.2, 0.25) is 0 Å². The van der Waals surface area contributed by atoms with E-state index in [2.05, 4.69) is 25.1 Å². The Morgan fingerprint density at radius 3 is 2.81 bits per heavy atom. The largest absolute Gasteiger partial charge is 0.497 e. The van der Waals surface area contributed by atoms with Crippen LogP contribution >= 0.6 is 0 Å². The fraction of sp³-hybridized carbons (Fsp3) is 0.600. The predicted octanol–water partition coefficient (Wildman–Crippen LogP) is 4.06. The minimum atomic E-state index is 0.876. The summed E-state index contributed by atoms with van der Waals surface area (Å²) in [5.41, 5.74) is 1.43. The van der Waals surface area contributed by atoms with E-state index < -0.39 is 0 Å². The second-order valence-corrected chi connectivity index (χ2v) is 5.08. The van der Waals surface area contributed by atoms with Gasteiger partial charge in [-0.05, 0) is 42.4 Å². The van der Waals surface area contributed by atoms with Crippen LogP contribution in [0.15, 0.2) is 24.3 Å². The summed E-state index contributed by atoms with van der Waals surface area (Å²) in [5.74, 6) is 2.75. The smallest absolute Gasteiger partial charge is 0.119 e. The molecule has 0 bridgehead atoms. The van der Waals surface area contributed by atoms with Gasteiger partial charge < -0.3 is 4.74 Å². The van der Waals surface area contributed by atoms with E-state index in [0.29, 0.717) is 0 Å². The van der Waals surface area contributed by atoms with Crippen LogP contribution in [0.5, 0.6) is 5.75 Å². The number of hydrogen-bond donors (Lipinski definition) is 0. The summed E-state index contributed by atoms with van der Waals surface area (Å²) in [5, 5.41) is 0. The number of hydrogen-bond acceptors (Lipinski definition) is 1. The Balaban J connectivity index is 2.01. The van der Waals surface area contributed by atoms with Gasteiger partial charge in [0.1, 0.15) is 5.75 Å². The molecule has 88 valence electrons. The van der Waals surface area contributed by atoms with E-state index in [-0.39, 0.29) is 0 Å². The molecule has 0 aromatic heterocycles. The SMILES string of the molecule is COc1cccc(CC2CCCCC2C)c1. The molecule has 0 amide bonds. The summed E-state index contributed by atoms with van der Waals surface area (Å²) < 4.78 is 5.27. The molecule has 1 aromatic rings. The minimum absolute atomic E-state index is 0.876. The summed E-state index contributed by atoms with van der Waals surface area (Å²) in [6.07, 6.45) is 6.88. The van der Waals surface area contributed by atoms with Gasteiger partial charge in [0.25, 0.3) is 0 Å². The van der Waals surface area contributed by atoms with E-state index in [1.165, 1.54) is 37.7 Å². The Labute approximate surface area is 98.8 Å². The van der Waals surface area contributed by atoms with Gasteiger partial charge in [0.05, 0.1) is 7.11 Å². The van der Waals surface area contributed by atoms with Gasteiger partial charge in [-0.25, -0.2) is 0 Å². The normalized spacial score (nSPS) is 25.4. The number of ether oxygens (including phenoxy) is 1. The fourth-order valence-electron chi connectivity index (χ4n) is 2.80. The van der Waals surface area contributed by atoms with E-state index >= 15 is 0 Å². The molecule has 2 atom stereocenters. The molecule has 0 aliphatic heterocycles. The van der Waals surface area contributed by atoms with E-state index in [9.17, 15) is 0 Å². The van der Waals surface area contributed by atoms with E-state index in [1.54, 1.807) is 7.11 Å². The van der Waals surface area contributed by atoms with Crippen molar-refractivity contribution in [1.82, 2.24) is 0 Å². The monoisotopic (exact) mass is 218 g/mol. The van der Waals surface area contributed by atoms with Crippen LogP contribution < -0.4 is 4.74 Å². The van der Waals surface area contributed by atoms with E-state index in [0.717, 1.165) is 17.6 Å². The first-order chi connectivity index (χ1) is 7.79. The Morgan fingerprint density at radius 1 is 1.25 bits per heavy atom. The molecular formula is C15H22O. The van der Waals surface area contributed by atoms with Gasteiger partial charge in [-0.15, -0.1) is 0 Å². The van der Waals surface area contributed by atoms with Crippen LogP contribution in [-0.2, 0) is 6.42 Å². The molecule has 0 heterocycles. The third-order valence-corrected chi connectivity index (χ3v) is 3.92. The number of benzene rings is 1. The zero-order chi connectivity index (χ0) is 11.4. The van der Waals surface area contributed by atoms with Crippen molar-refractivity contribution in [2.45, 2.75) is 39.0 Å². The Kier molecular flexibility index (Phi) is 3.87. The molecule has 0 N–H and O–H groups in total. The minimum Gasteiger partial charge on any atom is -0.497 e. The number of rotatable bonds is 3. The van der Waals surface area contributed by atoms with Gasteiger partial charge in [0.15, 0.2) is 0 Å². The first kappa shape index (κ1) is 11.5. The number of methoxy groups -OCH3 is 1. The summed E-state index contributed by atoms with van der Waals surface area (Å²) in [6.45, 7) is 2.41. The topological polar surface area (TPSA) is 9.23 Å². The van der Waals surface area contributed by atoms with Gasteiger partial charge in [-0.3, -0.25) is 0 Å². The summed E-state index contributed by atoms with van der Waals surface area (Å²) in [4.78, 5) is 0. The molecule has 1 saturated carbocycles. The summed E-state index contributed by atoms with van der Waals surface area (Å²) >= 11 is 0. The van der Waals surface area contributed by atoms with Crippen molar-refractivity contribution >= 4 is 0 Å². The highest BCUT2D eigenvalue weighted by Gasteiger charge is 2.21. The van der Waals surface area contributed by atoms with Crippen LogP contribution in [0.1, 0.15) is 38.2 Å². The molecule has 0 spiro atoms. The highest BCUT2D eigenvalue weighted by Crippen LogP contribution is 2.32. The highest BCUT2D eigenvalue weighted by molar-refractivity contribution is 5.28. The van der Waals surface area contributed by atoms with Crippen LogP contribution in [-0.4, -0.2) is 7.11 Å². The molecule has 0 radical (unpaired) electrons. The van der Waals surface area contributed by atoms with Crippen LogP contribution in [0.2, 0.25) is 0 Å². The van der Waals surface area contributed by atoms with Crippen molar-refractivity contribution in [1.29, 1.82) is 0 Å². The highest BCUT2D eigenvalue weighted by atomic mass is 16.5. The Bertz CT molecular complexity index is 332. The lowest BCUT2D eigenvalue weighted by Gasteiger charge is -2.28. The van der Waals surface area contributed by atoms with Crippen molar-refractivity contribution in [2.24, 2.45) is 11.8 Å². The molecule has 16 heavy (non-hydrogen) atoms. The molecule has 1 nitrogen and oxygen atoms in total. The van der Waals surface area contributed by atoms with E-state index in [1.807, 2.05) is 6.07 Å². The zero-order valence-electron chi connectivity index (χ0n) is 10.4. The molecule has 1 heteroatoms. The second-order valence-electron chi connectivity index (χ2n) is 5.08. The van der Waals surface area contributed by atoms with Gasteiger partial charge in [0, 0.05) is 0 Å². The lowest BCUT2D eigenvalue weighted by Crippen LogP contribution is -2.18. The summed E-state index contributed by atoms with van der Waals surface area (Å²) in [7, 11) is 1.74. The second kappa shape index (κ2) is 5.38. The zero-order valence-corrected chi connectivity index (χ0v) is 10.4. The average molecular weight is 218 g/mol. The molecule has 1 aromatic carbocycles. The molecule has 1 fully saturated rings.